The number of Topliss-reactive ketones (excluding diaryl/α,β-unsaturated/α-hetero) is 4. The SMILES string of the molecule is CCC(=O)Cc1ccc(CC(=O)c2ccc(C(=O)Cc3ccc(CC(=O)CC)cc3)cc2)cc1. The third-order valence-corrected chi connectivity index (χ3v) is 5.90. The van der Waals surface area contributed by atoms with Crippen LogP contribution in [0.3, 0.4) is 0 Å². The molecule has 3 aromatic carbocycles. The van der Waals surface area contributed by atoms with Crippen LogP contribution in [0.5, 0.6) is 0 Å². The van der Waals surface area contributed by atoms with Gasteiger partial charge in [0.1, 0.15) is 11.6 Å². The Bertz CT molecular complexity index is 1060. The first-order chi connectivity index (χ1) is 16.4. The average molecular weight is 455 g/mol. The van der Waals surface area contributed by atoms with Crippen molar-refractivity contribution in [2.45, 2.75) is 52.4 Å². The lowest BCUT2D eigenvalue weighted by Gasteiger charge is -2.06. The maximum Gasteiger partial charge on any atom is 0.167 e. The van der Waals surface area contributed by atoms with E-state index in [0.717, 1.165) is 22.3 Å². The molecule has 174 valence electrons. The molecule has 0 aliphatic rings. The molecular weight excluding hydrogens is 424 g/mol. The van der Waals surface area contributed by atoms with E-state index in [2.05, 4.69) is 0 Å². The van der Waals surface area contributed by atoms with Gasteiger partial charge in [0.2, 0.25) is 0 Å². The first-order valence-electron chi connectivity index (χ1n) is 11.7. The fourth-order valence-corrected chi connectivity index (χ4v) is 3.67. The van der Waals surface area contributed by atoms with Gasteiger partial charge in [-0.2, -0.15) is 0 Å². The van der Waals surface area contributed by atoms with Gasteiger partial charge < -0.3 is 0 Å². The van der Waals surface area contributed by atoms with Crippen LogP contribution in [0.4, 0.5) is 0 Å². The van der Waals surface area contributed by atoms with Crippen LogP contribution in [0, 0.1) is 0 Å². The van der Waals surface area contributed by atoms with Gasteiger partial charge in [-0.05, 0) is 22.3 Å². The first-order valence-corrected chi connectivity index (χ1v) is 11.7. The number of hydrogen-bond acceptors (Lipinski definition) is 4. The molecule has 0 saturated heterocycles. The number of benzene rings is 3. The number of hydrogen-bond donors (Lipinski definition) is 0. The Hall–Kier alpha value is -3.66. The largest absolute Gasteiger partial charge is 0.299 e. The smallest absolute Gasteiger partial charge is 0.167 e. The molecule has 0 heterocycles. The van der Waals surface area contributed by atoms with Gasteiger partial charge in [-0.25, -0.2) is 0 Å². The minimum absolute atomic E-state index is 0.0198. The topological polar surface area (TPSA) is 68.3 Å². The quantitative estimate of drug-likeness (QED) is 0.335. The van der Waals surface area contributed by atoms with Crippen molar-refractivity contribution < 1.29 is 19.2 Å². The summed E-state index contributed by atoms with van der Waals surface area (Å²) < 4.78 is 0. The predicted octanol–water partition coefficient (Wildman–Crippen LogP) is 5.58. The molecule has 0 aliphatic carbocycles. The van der Waals surface area contributed by atoms with Gasteiger partial charge in [-0.3, -0.25) is 19.2 Å². The first kappa shape index (κ1) is 25.0. The molecule has 0 spiro atoms. The van der Waals surface area contributed by atoms with Crippen LogP contribution < -0.4 is 0 Å². The van der Waals surface area contributed by atoms with E-state index in [1.165, 1.54) is 0 Å². The number of rotatable bonds is 12. The van der Waals surface area contributed by atoms with Crippen LogP contribution >= 0.6 is 0 Å². The number of carbonyl (C=O) groups excluding carboxylic acids is 4. The van der Waals surface area contributed by atoms with Gasteiger partial charge in [-0.15, -0.1) is 0 Å². The Morgan fingerprint density at radius 3 is 0.971 bits per heavy atom. The van der Waals surface area contributed by atoms with Crippen LogP contribution in [0.25, 0.3) is 0 Å². The van der Waals surface area contributed by atoms with E-state index < -0.39 is 0 Å². The maximum atomic E-state index is 12.7. The lowest BCUT2D eigenvalue weighted by atomic mass is 9.97. The summed E-state index contributed by atoms with van der Waals surface area (Å²) in [6.45, 7) is 3.70. The Balaban J connectivity index is 1.56. The summed E-state index contributed by atoms with van der Waals surface area (Å²) in [6, 6.07) is 21.9. The van der Waals surface area contributed by atoms with E-state index in [0.29, 0.717) is 36.8 Å². The highest BCUT2D eigenvalue weighted by Crippen LogP contribution is 2.14. The molecule has 34 heavy (non-hydrogen) atoms. The molecule has 4 nitrogen and oxygen atoms in total. The second-order valence-corrected chi connectivity index (χ2v) is 8.55. The Morgan fingerprint density at radius 1 is 0.441 bits per heavy atom. The Morgan fingerprint density at radius 2 is 0.706 bits per heavy atom. The second kappa shape index (κ2) is 12.0. The predicted molar refractivity (Wildman–Crippen MR) is 133 cm³/mol. The minimum atomic E-state index is -0.0198. The van der Waals surface area contributed by atoms with Gasteiger partial charge in [0.05, 0.1) is 0 Å². The molecule has 0 fully saturated rings. The third-order valence-electron chi connectivity index (χ3n) is 5.90. The molecule has 0 unspecified atom stereocenters. The standard InChI is InChI=1S/C30H30O4/c1-3-27(31)17-21-5-9-23(10-6-21)19-29(33)25-13-15-26(16-14-25)30(34)20-24-11-7-22(8-12-24)18-28(32)4-2/h5-16H,3-4,17-20H2,1-2H3. The van der Waals surface area contributed by atoms with Crippen molar-refractivity contribution in [3.63, 3.8) is 0 Å². The van der Waals surface area contributed by atoms with E-state index in [1.54, 1.807) is 24.3 Å². The fourth-order valence-electron chi connectivity index (χ4n) is 3.67. The average Bonchev–Trinajstić information content (AvgIpc) is 2.86. The molecule has 0 saturated carbocycles. The van der Waals surface area contributed by atoms with E-state index >= 15 is 0 Å². The molecular formula is C30H30O4. The molecule has 0 aliphatic heterocycles. The third kappa shape index (κ3) is 7.17. The lowest BCUT2D eigenvalue weighted by molar-refractivity contribution is -0.118. The van der Waals surface area contributed by atoms with Crippen molar-refractivity contribution in [3.05, 3.63) is 106 Å². The van der Waals surface area contributed by atoms with Gasteiger partial charge in [0, 0.05) is 49.7 Å². The zero-order valence-electron chi connectivity index (χ0n) is 19.8. The van der Waals surface area contributed by atoms with Crippen LogP contribution in [-0.2, 0) is 35.3 Å². The normalized spacial score (nSPS) is 10.6. The molecule has 0 aromatic heterocycles. The van der Waals surface area contributed by atoms with E-state index in [4.69, 9.17) is 0 Å². The highest BCUT2D eigenvalue weighted by Gasteiger charge is 2.11. The van der Waals surface area contributed by atoms with Gasteiger partial charge >= 0.3 is 0 Å². The van der Waals surface area contributed by atoms with Crippen LogP contribution in [0.1, 0.15) is 69.7 Å². The molecule has 0 radical (unpaired) electrons. The molecule has 0 bridgehead atoms. The fraction of sp³-hybridized carbons (Fsp3) is 0.267. The zero-order valence-corrected chi connectivity index (χ0v) is 19.8. The highest BCUT2D eigenvalue weighted by molar-refractivity contribution is 6.01. The Labute approximate surface area is 201 Å². The maximum absolute atomic E-state index is 12.7. The van der Waals surface area contributed by atoms with Crippen molar-refractivity contribution in [3.8, 4) is 0 Å². The molecule has 0 N–H and O–H groups in total. The summed E-state index contributed by atoms with van der Waals surface area (Å²) >= 11 is 0. The van der Waals surface area contributed by atoms with Gasteiger partial charge in [-0.1, -0.05) is 86.6 Å². The summed E-state index contributed by atoms with van der Waals surface area (Å²) in [7, 11) is 0. The highest BCUT2D eigenvalue weighted by atomic mass is 16.1. The Kier molecular flexibility index (Phi) is 8.80. The van der Waals surface area contributed by atoms with Crippen LogP contribution in [0.2, 0.25) is 0 Å². The van der Waals surface area contributed by atoms with E-state index in [-0.39, 0.29) is 36.0 Å². The molecule has 3 aromatic rings. The van der Waals surface area contributed by atoms with E-state index in [9.17, 15) is 19.2 Å². The van der Waals surface area contributed by atoms with Crippen LogP contribution in [0.15, 0.2) is 72.8 Å². The van der Waals surface area contributed by atoms with Crippen molar-refractivity contribution in [1.82, 2.24) is 0 Å². The summed E-state index contributed by atoms with van der Waals surface area (Å²) in [4.78, 5) is 48.5. The van der Waals surface area contributed by atoms with E-state index in [1.807, 2.05) is 62.4 Å². The van der Waals surface area contributed by atoms with Crippen molar-refractivity contribution in [2.24, 2.45) is 0 Å². The number of carbonyl (C=O) groups is 4. The summed E-state index contributed by atoms with van der Waals surface area (Å²) in [5.74, 6) is 0.347. The summed E-state index contributed by atoms with van der Waals surface area (Å²) in [5, 5.41) is 0. The van der Waals surface area contributed by atoms with Gasteiger partial charge in [0.25, 0.3) is 0 Å². The minimum Gasteiger partial charge on any atom is -0.299 e. The second-order valence-electron chi connectivity index (χ2n) is 8.55. The molecule has 0 atom stereocenters. The summed E-state index contributed by atoms with van der Waals surface area (Å²) in [6.07, 6.45) is 2.41. The molecule has 0 amide bonds. The molecule has 4 heteroatoms. The summed E-state index contributed by atoms with van der Waals surface area (Å²) in [5.41, 5.74) is 4.81. The number of ketones is 4. The van der Waals surface area contributed by atoms with Crippen molar-refractivity contribution in [1.29, 1.82) is 0 Å². The van der Waals surface area contributed by atoms with Crippen molar-refractivity contribution in [2.75, 3.05) is 0 Å². The molecule has 3 rings (SSSR count). The zero-order chi connectivity index (χ0) is 24.5. The monoisotopic (exact) mass is 454 g/mol. The van der Waals surface area contributed by atoms with Crippen molar-refractivity contribution >= 4 is 23.1 Å². The lowest BCUT2D eigenvalue weighted by Crippen LogP contribution is -2.07. The van der Waals surface area contributed by atoms with Crippen LogP contribution in [-0.4, -0.2) is 23.1 Å². The van der Waals surface area contributed by atoms with Gasteiger partial charge in [0.15, 0.2) is 11.6 Å².